The Morgan fingerprint density at radius 2 is 1.92 bits per heavy atom. The molecule has 0 amide bonds. The van der Waals surface area contributed by atoms with Crippen LogP contribution in [-0.2, 0) is 15.9 Å². The molecule has 1 aromatic heterocycles. The maximum atomic E-state index is 10.2. The molecule has 142 valence electrons. The summed E-state index contributed by atoms with van der Waals surface area (Å²) in [7, 11) is 0. The van der Waals surface area contributed by atoms with Gasteiger partial charge in [-0.2, -0.15) is 0 Å². The van der Waals surface area contributed by atoms with Gasteiger partial charge in [-0.3, -0.25) is 0 Å². The van der Waals surface area contributed by atoms with Crippen LogP contribution in [0.2, 0.25) is 5.15 Å². The number of aliphatic hydroxyl groups excluding tert-OH is 3. The second-order valence-electron chi connectivity index (χ2n) is 5.95. The Kier molecular flexibility index (Phi) is 7.80. The van der Waals surface area contributed by atoms with E-state index < -0.39 is 24.5 Å². The molecule has 1 saturated carbocycles. The van der Waals surface area contributed by atoms with E-state index >= 15 is 0 Å². The zero-order valence-corrected chi connectivity index (χ0v) is 15.2. The minimum Gasteiger partial charge on any atom is -0.396 e. The van der Waals surface area contributed by atoms with Gasteiger partial charge in [0.2, 0.25) is 0 Å². The molecule has 0 aliphatic heterocycles. The SMILES string of the molecule is CCOC(Cc1c(Cl)ncnc1N[C@@H]1CC(CO)[C@@H](O)[C@H]1O)OCC. The van der Waals surface area contributed by atoms with E-state index in [4.69, 9.17) is 21.1 Å². The van der Waals surface area contributed by atoms with Crippen LogP contribution in [0, 0.1) is 5.92 Å². The number of hydrogen-bond donors (Lipinski definition) is 4. The highest BCUT2D eigenvalue weighted by Gasteiger charge is 2.41. The first kappa shape index (κ1) is 20.3. The molecule has 1 fully saturated rings. The molecule has 0 radical (unpaired) electrons. The van der Waals surface area contributed by atoms with Crippen LogP contribution in [0.4, 0.5) is 5.82 Å². The lowest BCUT2D eigenvalue weighted by atomic mass is 10.1. The van der Waals surface area contributed by atoms with Crippen LogP contribution in [0.5, 0.6) is 0 Å². The molecule has 1 aliphatic rings. The third kappa shape index (κ3) is 4.99. The summed E-state index contributed by atoms with van der Waals surface area (Å²) in [6.45, 7) is 4.54. The number of nitrogens with one attached hydrogen (secondary N) is 1. The third-order valence-electron chi connectivity index (χ3n) is 4.33. The summed E-state index contributed by atoms with van der Waals surface area (Å²) < 4.78 is 11.1. The maximum absolute atomic E-state index is 10.2. The molecule has 4 atom stereocenters. The molecule has 0 saturated heterocycles. The van der Waals surface area contributed by atoms with E-state index in [9.17, 15) is 15.3 Å². The van der Waals surface area contributed by atoms with Gasteiger partial charge in [0.25, 0.3) is 0 Å². The van der Waals surface area contributed by atoms with E-state index in [2.05, 4.69) is 15.3 Å². The fourth-order valence-electron chi connectivity index (χ4n) is 3.02. The molecular formula is C16H26ClN3O5. The van der Waals surface area contributed by atoms with E-state index in [0.717, 1.165) is 0 Å². The summed E-state index contributed by atoms with van der Waals surface area (Å²) in [5.41, 5.74) is 0.616. The van der Waals surface area contributed by atoms with Crippen molar-refractivity contribution in [3.63, 3.8) is 0 Å². The second kappa shape index (κ2) is 9.61. The maximum Gasteiger partial charge on any atom is 0.161 e. The number of nitrogens with zero attached hydrogens (tertiary/aromatic N) is 2. The van der Waals surface area contributed by atoms with Gasteiger partial charge in [0.15, 0.2) is 6.29 Å². The number of halogens is 1. The smallest absolute Gasteiger partial charge is 0.161 e. The van der Waals surface area contributed by atoms with Crippen molar-refractivity contribution >= 4 is 17.4 Å². The van der Waals surface area contributed by atoms with Crippen LogP contribution in [-0.4, -0.2) is 69.6 Å². The Labute approximate surface area is 152 Å². The molecule has 0 bridgehead atoms. The van der Waals surface area contributed by atoms with Gasteiger partial charge in [-0.05, 0) is 20.3 Å². The minimum atomic E-state index is -1.01. The fraction of sp³-hybridized carbons (Fsp3) is 0.750. The molecule has 1 heterocycles. The lowest BCUT2D eigenvalue weighted by Crippen LogP contribution is -2.36. The molecule has 25 heavy (non-hydrogen) atoms. The topological polar surface area (TPSA) is 117 Å². The number of anilines is 1. The highest BCUT2D eigenvalue weighted by molar-refractivity contribution is 6.30. The Balaban J connectivity index is 2.17. The quantitative estimate of drug-likeness (QED) is 0.366. The monoisotopic (exact) mass is 375 g/mol. The largest absolute Gasteiger partial charge is 0.396 e. The van der Waals surface area contributed by atoms with Crippen molar-refractivity contribution in [2.75, 3.05) is 25.1 Å². The number of aliphatic hydroxyl groups is 3. The van der Waals surface area contributed by atoms with Crippen molar-refractivity contribution in [3.8, 4) is 0 Å². The van der Waals surface area contributed by atoms with Crippen molar-refractivity contribution in [2.45, 2.75) is 51.2 Å². The average Bonchev–Trinajstić information content (AvgIpc) is 2.86. The first-order chi connectivity index (χ1) is 12.0. The molecule has 1 aliphatic carbocycles. The Bertz CT molecular complexity index is 545. The van der Waals surface area contributed by atoms with E-state index in [1.807, 2.05) is 13.8 Å². The normalized spacial score (nSPS) is 26.4. The second-order valence-corrected chi connectivity index (χ2v) is 6.30. The summed E-state index contributed by atoms with van der Waals surface area (Å²) in [6, 6.07) is -0.450. The van der Waals surface area contributed by atoms with E-state index in [1.54, 1.807) is 0 Å². The molecule has 1 aromatic rings. The fourth-order valence-corrected chi connectivity index (χ4v) is 3.24. The highest BCUT2D eigenvalue weighted by Crippen LogP contribution is 2.31. The van der Waals surface area contributed by atoms with Crippen molar-refractivity contribution in [3.05, 3.63) is 17.0 Å². The molecule has 8 nitrogen and oxygen atoms in total. The van der Waals surface area contributed by atoms with Crippen molar-refractivity contribution in [2.24, 2.45) is 5.92 Å². The molecule has 0 spiro atoms. The Morgan fingerprint density at radius 3 is 2.48 bits per heavy atom. The molecule has 4 N–H and O–H groups in total. The highest BCUT2D eigenvalue weighted by atomic mass is 35.5. The summed E-state index contributed by atoms with van der Waals surface area (Å²) in [5.74, 6) is 0.0760. The lowest BCUT2D eigenvalue weighted by Gasteiger charge is -2.22. The average molecular weight is 376 g/mol. The van der Waals surface area contributed by atoms with Gasteiger partial charge in [-0.1, -0.05) is 11.6 Å². The lowest BCUT2D eigenvalue weighted by molar-refractivity contribution is -0.134. The van der Waals surface area contributed by atoms with Crippen molar-refractivity contribution < 1.29 is 24.8 Å². The standard InChI is InChI=1S/C16H26ClN3O5/c1-3-24-12(25-4-2)6-10-15(17)18-8-19-16(10)20-11-5-9(7-21)13(22)14(11)23/h8-9,11-14,21-23H,3-7H2,1-2H3,(H,18,19,20)/t9?,11-,13-,14+/m1/s1. The molecule has 2 rings (SSSR count). The van der Waals surface area contributed by atoms with E-state index in [0.29, 0.717) is 37.4 Å². The van der Waals surface area contributed by atoms with Crippen molar-refractivity contribution in [1.82, 2.24) is 9.97 Å². The number of hydrogen-bond acceptors (Lipinski definition) is 8. The van der Waals surface area contributed by atoms with Gasteiger partial charge in [0.05, 0.1) is 12.1 Å². The molecular weight excluding hydrogens is 350 g/mol. The van der Waals surface area contributed by atoms with E-state index in [1.165, 1.54) is 6.33 Å². The van der Waals surface area contributed by atoms with Crippen molar-refractivity contribution in [1.29, 1.82) is 0 Å². The molecule has 1 unspecified atom stereocenters. The zero-order valence-electron chi connectivity index (χ0n) is 14.4. The predicted molar refractivity (Wildman–Crippen MR) is 92.4 cm³/mol. The van der Waals surface area contributed by atoms with Crippen LogP contribution in [0.1, 0.15) is 25.8 Å². The molecule has 0 aromatic carbocycles. The van der Waals surface area contributed by atoms with E-state index in [-0.39, 0.29) is 17.7 Å². The first-order valence-corrected chi connectivity index (χ1v) is 8.85. The van der Waals surface area contributed by atoms with Gasteiger partial charge in [-0.15, -0.1) is 0 Å². The van der Waals surface area contributed by atoms with Crippen LogP contribution in [0.3, 0.4) is 0 Å². The zero-order chi connectivity index (χ0) is 18.4. The Hall–Kier alpha value is -1.03. The number of ether oxygens (including phenoxy) is 2. The van der Waals surface area contributed by atoms with Gasteiger partial charge in [0, 0.05) is 37.7 Å². The van der Waals surface area contributed by atoms with Crippen LogP contribution in [0.25, 0.3) is 0 Å². The minimum absolute atomic E-state index is 0.190. The van der Waals surface area contributed by atoms with Crippen LogP contribution >= 0.6 is 11.6 Å². The summed E-state index contributed by atoms with van der Waals surface area (Å²) in [4.78, 5) is 8.22. The number of rotatable bonds is 9. The third-order valence-corrected chi connectivity index (χ3v) is 4.65. The van der Waals surface area contributed by atoms with Gasteiger partial charge in [0.1, 0.15) is 23.4 Å². The van der Waals surface area contributed by atoms with Crippen LogP contribution < -0.4 is 5.32 Å². The molecule has 9 heteroatoms. The van der Waals surface area contributed by atoms with Gasteiger partial charge in [-0.25, -0.2) is 9.97 Å². The summed E-state index contributed by atoms with van der Waals surface area (Å²) in [6.07, 6.45) is -0.385. The predicted octanol–water partition coefficient (Wildman–Crippen LogP) is 0.586. The van der Waals surface area contributed by atoms with Crippen LogP contribution in [0.15, 0.2) is 6.33 Å². The number of aromatic nitrogens is 2. The van der Waals surface area contributed by atoms with Gasteiger partial charge >= 0.3 is 0 Å². The first-order valence-electron chi connectivity index (χ1n) is 8.47. The summed E-state index contributed by atoms with van der Waals surface area (Å²) >= 11 is 6.23. The summed E-state index contributed by atoms with van der Waals surface area (Å²) in [5, 5.41) is 32.8. The van der Waals surface area contributed by atoms with Gasteiger partial charge < -0.3 is 30.1 Å². The Morgan fingerprint density at radius 1 is 1.24 bits per heavy atom.